The number of benzene rings is 1. The maximum absolute atomic E-state index is 13.5. The highest BCUT2D eigenvalue weighted by molar-refractivity contribution is 6.20. The van der Waals surface area contributed by atoms with E-state index in [1.807, 2.05) is 0 Å². The molecule has 0 radical (unpaired) electrons. The van der Waals surface area contributed by atoms with Gasteiger partial charge in [-0.05, 0) is 43.7 Å². The smallest absolute Gasteiger partial charge is 0.258 e. The molecule has 1 saturated carbocycles. The Bertz CT molecular complexity index is 439. The van der Waals surface area contributed by atoms with E-state index < -0.39 is 11.7 Å². The first-order valence-corrected chi connectivity index (χ1v) is 6.91. The lowest BCUT2D eigenvalue weighted by molar-refractivity contribution is 0.0937. The number of rotatable bonds is 3. The Morgan fingerprint density at radius 2 is 2.05 bits per heavy atom. The molecule has 2 rings (SSSR count). The summed E-state index contributed by atoms with van der Waals surface area (Å²) in [7, 11) is 0. The summed E-state index contributed by atoms with van der Waals surface area (Å²) in [6, 6.07) is 3.83. The molecule has 5 heteroatoms. The lowest BCUT2D eigenvalue weighted by Crippen LogP contribution is -2.32. The van der Waals surface area contributed by atoms with Crippen LogP contribution in [0.3, 0.4) is 0 Å². The third-order valence-electron chi connectivity index (χ3n) is 3.55. The molecular weight excluding hydrogens is 269 g/mol. The van der Waals surface area contributed by atoms with Crippen LogP contribution in [0.4, 0.5) is 4.39 Å². The Hall–Kier alpha value is -1.29. The van der Waals surface area contributed by atoms with Gasteiger partial charge in [0.2, 0.25) is 0 Å². The lowest BCUT2D eigenvalue weighted by Gasteiger charge is -2.25. The third kappa shape index (κ3) is 3.60. The first-order valence-electron chi connectivity index (χ1n) is 6.47. The summed E-state index contributed by atoms with van der Waals surface area (Å²) in [5.41, 5.74) is -0.284. The molecule has 0 spiro atoms. The molecule has 1 fully saturated rings. The van der Waals surface area contributed by atoms with E-state index in [4.69, 9.17) is 11.6 Å². The molecule has 0 heterocycles. The summed E-state index contributed by atoms with van der Waals surface area (Å²) in [5, 5.41) is 12.4. The Morgan fingerprint density at radius 1 is 1.37 bits per heavy atom. The van der Waals surface area contributed by atoms with Gasteiger partial charge in [-0.25, -0.2) is 4.39 Å². The van der Waals surface area contributed by atoms with E-state index in [-0.39, 0.29) is 16.7 Å². The van der Waals surface area contributed by atoms with Gasteiger partial charge in [0.15, 0.2) is 0 Å². The van der Waals surface area contributed by atoms with Crippen LogP contribution in [0.2, 0.25) is 0 Å². The largest absolute Gasteiger partial charge is 0.507 e. The Morgan fingerprint density at radius 3 is 2.68 bits per heavy atom. The van der Waals surface area contributed by atoms with Gasteiger partial charge < -0.3 is 10.4 Å². The summed E-state index contributed by atoms with van der Waals surface area (Å²) in [4.78, 5) is 11.9. The molecule has 1 amide bonds. The van der Waals surface area contributed by atoms with Crippen LogP contribution in [0, 0.1) is 11.7 Å². The number of nitrogens with one attached hydrogen (secondary N) is 1. The highest BCUT2D eigenvalue weighted by atomic mass is 35.5. The summed E-state index contributed by atoms with van der Waals surface area (Å²) < 4.78 is 13.5. The van der Waals surface area contributed by atoms with E-state index in [0.29, 0.717) is 12.5 Å². The average molecular weight is 286 g/mol. The van der Waals surface area contributed by atoms with Gasteiger partial charge in [0.1, 0.15) is 17.1 Å². The van der Waals surface area contributed by atoms with E-state index in [0.717, 1.165) is 31.7 Å². The van der Waals surface area contributed by atoms with Gasteiger partial charge in [0, 0.05) is 11.9 Å². The number of amides is 1. The Kier molecular flexibility index (Phi) is 4.64. The molecule has 0 atom stereocenters. The zero-order chi connectivity index (χ0) is 13.8. The summed E-state index contributed by atoms with van der Waals surface area (Å²) in [5.74, 6) is -1.22. The van der Waals surface area contributed by atoms with Gasteiger partial charge in [-0.2, -0.15) is 0 Å². The minimum Gasteiger partial charge on any atom is -0.507 e. The van der Waals surface area contributed by atoms with Crippen LogP contribution < -0.4 is 5.32 Å². The second kappa shape index (κ2) is 6.24. The van der Waals surface area contributed by atoms with Crippen LogP contribution in [0.1, 0.15) is 36.0 Å². The maximum Gasteiger partial charge on any atom is 0.258 e. The van der Waals surface area contributed by atoms with Gasteiger partial charge in [0.25, 0.3) is 5.91 Å². The summed E-state index contributed by atoms with van der Waals surface area (Å²) in [6.07, 6.45) is 3.84. The van der Waals surface area contributed by atoms with E-state index in [1.54, 1.807) is 0 Å². The SMILES string of the molecule is O=C(NCC1CCC(Cl)CC1)c1c(O)cccc1F. The van der Waals surface area contributed by atoms with Crippen molar-refractivity contribution in [1.29, 1.82) is 0 Å². The quantitative estimate of drug-likeness (QED) is 0.839. The van der Waals surface area contributed by atoms with Crippen molar-refractivity contribution >= 4 is 17.5 Å². The molecule has 1 aromatic rings. The van der Waals surface area contributed by atoms with E-state index in [2.05, 4.69) is 5.32 Å². The number of hydrogen-bond donors (Lipinski definition) is 2. The fourth-order valence-electron chi connectivity index (χ4n) is 2.39. The molecule has 1 aromatic carbocycles. The summed E-state index contributed by atoms with van der Waals surface area (Å²) >= 11 is 6.01. The zero-order valence-corrected chi connectivity index (χ0v) is 11.3. The number of hydrogen-bond acceptors (Lipinski definition) is 2. The van der Waals surface area contributed by atoms with Crippen molar-refractivity contribution in [3.05, 3.63) is 29.6 Å². The molecule has 0 aromatic heterocycles. The predicted molar refractivity (Wildman–Crippen MR) is 72.0 cm³/mol. The molecule has 0 bridgehead atoms. The number of phenolic OH excluding ortho intramolecular Hbond substituents is 1. The number of phenols is 1. The number of alkyl halides is 1. The minimum atomic E-state index is -0.707. The van der Waals surface area contributed by atoms with Crippen molar-refractivity contribution in [2.75, 3.05) is 6.54 Å². The maximum atomic E-state index is 13.5. The van der Waals surface area contributed by atoms with Crippen molar-refractivity contribution in [2.24, 2.45) is 5.92 Å². The highest BCUT2D eigenvalue weighted by Crippen LogP contribution is 2.27. The summed E-state index contributed by atoms with van der Waals surface area (Å²) in [6.45, 7) is 0.496. The highest BCUT2D eigenvalue weighted by Gasteiger charge is 2.21. The molecule has 104 valence electrons. The van der Waals surface area contributed by atoms with Crippen LogP contribution in [-0.2, 0) is 0 Å². The van der Waals surface area contributed by atoms with Crippen molar-refractivity contribution in [2.45, 2.75) is 31.1 Å². The van der Waals surface area contributed by atoms with Crippen molar-refractivity contribution in [1.82, 2.24) is 5.32 Å². The standard InChI is InChI=1S/C14H17ClFNO2/c15-10-6-4-9(5-7-10)8-17-14(19)13-11(16)2-1-3-12(13)18/h1-3,9-10,18H,4-8H2,(H,17,19). The fraction of sp³-hybridized carbons (Fsp3) is 0.500. The molecule has 19 heavy (non-hydrogen) atoms. The van der Waals surface area contributed by atoms with Gasteiger partial charge >= 0.3 is 0 Å². The predicted octanol–water partition coefficient (Wildman–Crippen LogP) is 3.06. The third-order valence-corrected chi connectivity index (χ3v) is 3.98. The number of carbonyl (C=O) groups excluding carboxylic acids is 1. The Labute approximate surface area is 116 Å². The monoisotopic (exact) mass is 285 g/mol. The van der Waals surface area contributed by atoms with Crippen LogP contribution in [-0.4, -0.2) is 22.9 Å². The van der Waals surface area contributed by atoms with Gasteiger partial charge in [-0.3, -0.25) is 4.79 Å². The van der Waals surface area contributed by atoms with E-state index >= 15 is 0 Å². The van der Waals surface area contributed by atoms with Crippen molar-refractivity contribution in [3.63, 3.8) is 0 Å². The first kappa shape index (κ1) is 14.1. The van der Waals surface area contributed by atoms with Crippen LogP contribution in [0.5, 0.6) is 5.75 Å². The molecule has 1 aliphatic carbocycles. The molecular formula is C14H17ClFNO2. The second-order valence-electron chi connectivity index (χ2n) is 4.96. The zero-order valence-electron chi connectivity index (χ0n) is 10.5. The molecule has 0 saturated heterocycles. The van der Waals surface area contributed by atoms with Gasteiger partial charge in [-0.1, -0.05) is 6.07 Å². The first-order chi connectivity index (χ1) is 9.08. The number of halogens is 2. The van der Waals surface area contributed by atoms with Crippen LogP contribution in [0.25, 0.3) is 0 Å². The molecule has 0 aliphatic heterocycles. The van der Waals surface area contributed by atoms with E-state index in [9.17, 15) is 14.3 Å². The van der Waals surface area contributed by atoms with Crippen molar-refractivity contribution in [3.8, 4) is 5.75 Å². The van der Waals surface area contributed by atoms with Crippen LogP contribution in [0.15, 0.2) is 18.2 Å². The number of aromatic hydroxyl groups is 1. The van der Waals surface area contributed by atoms with E-state index in [1.165, 1.54) is 12.1 Å². The topological polar surface area (TPSA) is 49.3 Å². The molecule has 3 nitrogen and oxygen atoms in total. The molecule has 2 N–H and O–H groups in total. The Balaban J connectivity index is 1.91. The fourth-order valence-corrected chi connectivity index (χ4v) is 2.64. The molecule has 1 aliphatic rings. The van der Waals surface area contributed by atoms with Crippen molar-refractivity contribution < 1.29 is 14.3 Å². The van der Waals surface area contributed by atoms with Crippen LogP contribution >= 0.6 is 11.6 Å². The molecule has 0 unspecified atom stereocenters. The lowest BCUT2D eigenvalue weighted by atomic mass is 9.89. The van der Waals surface area contributed by atoms with Gasteiger partial charge in [-0.15, -0.1) is 11.6 Å². The average Bonchev–Trinajstić information content (AvgIpc) is 2.38. The van der Waals surface area contributed by atoms with Gasteiger partial charge in [0.05, 0.1) is 0 Å². The second-order valence-corrected chi connectivity index (χ2v) is 5.58. The number of carbonyl (C=O) groups is 1. The minimum absolute atomic E-state index is 0.238. The normalized spacial score (nSPS) is 23.1.